The first-order chi connectivity index (χ1) is 9.13. The van der Waals surface area contributed by atoms with Gasteiger partial charge in [0, 0.05) is 45.2 Å². The van der Waals surface area contributed by atoms with E-state index in [0.717, 1.165) is 37.6 Å². The molecule has 2 rings (SSSR count). The number of carboxylic acid groups (broad SMARTS) is 1. The molecule has 1 aliphatic rings. The van der Waals surface area contributed by atoms with Crippen molar-refractivity contribution in [1.82, 2.24) is 5.32 Å². The van der Waals surface area contributed by atoms with E-state index in [1.54, 1.807) is 6.07 Å². The lowest BCUT2D eigenvalue weighted by Crippen LogP contribution is -2.43. The Morgan fingerprint density at radius 2 is 2.11 bits per heavy atom. The molecule has 1 heterocycles. The Hall–Kier alpha value is -1.40. The normalized spacial score (nSPS) is 15.4. The summed E-state index contributed by atoms with van der Waals surface area (Å²) in [6.07, 6.45) is 1.93. The highest BCUT2D eigenvalue weighted by Gasteiger charge is 2.17. The fourth-order valence-corrected chi connectivity index (χ4v) is 2.54. The summed E-state index contributed by atoms with van der Waals surface area (Å²) in [7, 11) is 1.87. The molecule has 1 aromatic carbocycles. The van der Waals surface area contributed by atoms with Crippen LogP contribution >= 0.6 is 11.9 Å². The summed E-state index contributed by atoms with van der Waals surface area (Å²) in [5, 5.41) is 12.7. The van der Waals surface area contributed by atoms with Crippen LogP contribution in [0.4, 0.5) is 11.4 Å². The Bertz CT molecular complexity index is 461. The molecule has 0 aromatic heterocycles. The molecule has 0 bridgehead atoms. The first-order valence-electron chi connectivity index (χ1n) is 6.24. The average molecular weight is 281 g/mol. The van der Waals surface area contributed by atoms with Gasteiger partial charge in [-0.05, 0) is 18.2 Å². The van der Waals surface area contributed by atoms with Crippen molar-refractivity contribution in [2.45, 2.75) is 0 Å². The van der Waals surface area contributed by atoms with Crippen molar-refractivity contribution in [1.29, 1.82) is 0 Å². The summed E-state index contributed by atoms with van der Waals surface area (Å²) >= 11 is 1.50. The molecule has 0 aliphatic carbocycles. The molecule has 1 saturated heterocycles. The number of hydrogen-bond donors (Lipinski definition) is 2. The van der Waals surface area contributed by atoms with Gasteiger partial charge in [0.2, 0.25) is 0 Å². The molecular formula is C13H19N3O2S. The second-order valence-electron chi connectivity index (χ2n) is 4.42. The zero-order valence-electron chi connectivity index (χ0n) is 11.2. The van der Waals surface area contributed by atoms with Crippen LogP contribution in [0.25, 0.3) is 0 Å². The maximum Gasteiger partial charge on any atom is 0.337 e. The molecule has 0 radical (unpaired) electrons. The monoisotopic (exact) mass is 281 g/mol. The van der Waals surface area contributed by atoms with Crippen molar-refractivity contribution >= 4 is 29.3 Å². The van der Waals surface area contributed by atoms with Crippen LogP contribution in [0.1, 0.15) is 10.4 Å². The summed E-state index contributed by atoms with van der Waals surface area (Å²) in [5.74, 6) is -0.882. The number of piperazine rings is 1. The van der Waals surface area contributed by atoms with Gasteiger partial charge >= 0.3 is 5.97 Å². The fraction of sp³-hybridized carbons (Fsp3) is 0.462. The summed E-state index contributed by atoms with van der Waals surface area (Å²) in [4.78, 5) is 13.6. The molecule has 1 aromatic rings. The van der Waals surface area contributed by atoms with Crippen LogP contribution in [-0.2, 0) is 0 Å². The van der Waals surface area contributed by atoms with Crippen molar-refractivity contribution in [2.75, 3.05) is 48.7 Å². The second kappa shape index (κ2) is 6.16. The first-order valence-corrected chi connectivity index (χ1v) is 7.42. The van der Waals surface area contributed by atoms with E-state index in [2.05, 4.69) is 10.2 Å². The van der Waals surface area contributed by atoms with Crippen molar-refractivity contribution in [2.24, 2.45) is 0 Å². The van der Waals surface area contributed by atoms with E-state index in [4.69, 9.17) is 0 Å². The van der Waals surface area contributed by atoms with Gasteiger partial charge in [0.25, 0.3) is 0 Å². The maximum atomic E-state index is 11.4. The number of nitrogens with zero attached hydrogens (tertiary/aromatic N) is 2. The minimum absolute atomic E-state index is 0.355. The van der Waals surface area contributed by atoms with Gasteiger partial charge in [-0.1, -0.05) is 11.9 Å². The van der Waals surface area contributed by atoms with E-state index in [1.807, 2.05) is 29.7 Å². The molecule has 0 amide bonds. The molecule has 1 aliphatic heterocycles. The van der Waals surface area contributed by atoms with Crippen LogP contribution in [-0.4, -0.2) is 50.6 Å². The van der Waals surface area contributed by atoms with Crippen molar-refractivity contribution in [3.05, 3.63) is 23.8 Å². The Kier molecular flexibility index (Phi) is 4.55. The quantitative estimate of drug-likeness (QED) is 0.816. The minimum Gasteiger partial charge on any atom is -0.478 e. The number of aromatic carboxylic acids is 1. The number of hydrogen-bond acceptors (Lipinski definition) is 5. The van der Waals surface area contributed by atoms with Crippen LogP contribution in [0.5, 0.6) is 0 Å². The van der Waals surface area contributed by atoms with Crippen LogP contribution < -0.4 is 14.5 Å². The van der Waals surface area contributed by atoms with Gasteiger partial charge in [-0.15, -0.1) is 0 Å². The van der Waals surface area contributed by atoms with Gasteiger partial charge in [0.1, 0.15) is 0 Å². The number of carbonyl (C=O) groups is 1. The molecule has 19 heavy (non-hydrogen) atoms. The number of carboxylic acids is 1. The Morgan fingerprint density at radius 3 is 2.68 bits per heavy atom. The van der Waals surface area contributed by atoms with Crippen molar-refractivity contribution < 1.29 is 9.90 Å². The topological polar surface area (TPSA) is 55.8 Å². The SMILES string of the molecule is CSN(C)c1ccc(N2CCNCC2)cc1C(=O)O. The van der Waals surface area contributed by atoms with Crippen LogP contribution in [0.15, 0.2) is 18.2 Å². The van der Waals surface area contributed by atoms with E-state index in [9.17, 15) is 9.90 Å². The standard InChI is InChI=1S/C13H19N3O2S/c1-15(19-2)12-4-3-10(9-11(12)13(17)18)16-7-5-14-6-8-16/h3-4,9,14H,5-8H2,1-2H3,(H,17,18). The van der Waals surface area contributed by atoms with E-state index in [-0.39, 0.29) is 0 Å². The van der Waals surface area contributed by atoms with E-state index < -0.39 is 5.97 Å². The van der Waals surface area contributed by atoms with Gasteiger partial charge in [-0.3, -0.25) is 0 Å². The summed E-state index contributed by atoms with van der Waals surface area (Å²) in [5.41, 5.74) is 2.07. The predicted octanol–water partition coefficient (Wildman–Crippen LogP) is 1.51. The lowest BCUT2D eigenvalue weighted by atomic mass is 10.1. The molecule has 0 unspecified atom stereocenters. The number of benzene rings is 1. The second-order valence-corrected chi connectivity index (χ2v) is 5.34. The Balaban J connectivity index is 2.32. The van der Waals surface area contributed by atoms with E-state index >= 15 is 0 Å². The molecule has 5 nitrogen and oxygen atoms in total. The highest BCUT2D eigenvalue weighted by Crippen LogP contribution is 2.28. The summed E-state index contributed by atoms with van der Waals surface area (Å²) in [6.45, 7) is 3.71. The lowest BCUT2D eigenvalue weighted by molar-refractivity contribution is 0.0698. The van der Waals surface area contributed by atoms with Gasteiger partial charge in [-0.25, -0.2) is 4.79 Å². The highest BCUT2D eigenvalue weighted by atomic mass is 32.2. The zero-order valence-corrected chi connectivity index (χ0v) is 12.0. The third kappa shape index (κ3) is 3.13. The van der Waals surface area contributed by atoms with E-state index in [0.29, 0.717) is 5.56 Å². The largest absolute Gasteiger partial charge is 0.478 e. The fourth-order valence-electron chi connectivity index (χ4n) is 2.19. The highest BCUT2D eigenvalue weighted by molar-refractivity contribution is 7.99. The van der Waals surface area contributed by atoms with Gasteiger partial charge in [-0.2, -0.15) is 0 Å². The Morgan fingerprint density at radius 1 is 1.42 bits per heavy atom. The zero-order chi connectivity index (χ0) is 13.8. The molecule has 0 saturated carbocycles. The van der Waals surface area contributed by atoms with Crippen LogP contribution in [0, 0.1) is 0 Å². The molecule has 0 atom stereocenters. The van der Waals surface area contributed by atoms with Crippen molar-refractivity contribution in [3.63, 3.8) is 0 Å². The Labute approximate surface area is 117 Å². The maximum absolute atomic E-state index is 11.4. The van der Waals surface area contributed by atoms with Gasteiger partial charge in [0.15, 0.2) is 0 Å². The van der Waals surface area contributed by atoms with Crippen molar-refractivity contribution in [3.8, 4) is 0 Å². The first kappa shape index (κ1) is 14.0. The smallest absolute Gasteiger partial charge is 0.337 e. The third-order valence-electron chi connectivity index (χ3n) is 3.31. The molecule has 1 fully saturated rings. The third-order valence-corrected chi connectivity index (χ3v) is 4.05. The van der Waals surface area contributed by atoms with E-state index in [1.165, 1.54) is 11.9 Å². The predicted molar refractivity (Wildman–Crippen MR) is 80.4 cm³/mol. The van der Waals surface area contributed by atoms with Gasteiger partial charge in [0.05, 0.1) is 11.3 Å². The summed E-state index contributed by atoms with van der Waals surface area (Å²) in [6, 6.07) is 5.66. The lowest BCUT2D eigenvalue weighted by Gasteiger charge is -2.30. The number of nitrogens with one attached hydrogen (secondary N) is 1. The summed E-state index contributed by atoms with van der Waals surface area (Å²) < 4.78 is 1.87. The minimum atomic E-state index is -0.882. The molecular weight excluding hydrogens is 262 g/mol. The molecule has 2 N–H and O–H groups in total. The molecule has 104 valence electrons. The van der Waals surface area contributed by atoms with Crippen LogP contribution in [0.2, 0.25) is 0 Å². The van der Waals surface area contributed by atoms with Crippen LogP contribution in [0.3, 0.4) is 0 Å². The number of anilines is 2. The number of rotatable bonds is 4. The molecule has 0 spiro atoms. The molecule has 6 heteroatoms. The van der Waals surface area contributed by atoms with Gasteiger partial charge < -0.3 is 19.6 Å². The average Bonchev–Trinajstić information content (AvgIpc) is 2.46.